The molecule has 2 rings (SSSR count). The van der Waals surface area contributed by atoms with Crippen LogP contribution in [0.15, 0.2) is 51.8 Å². The Bertz CT molecular complexity index is 530. The number of aryl methyl sites for hydroxylation is 1. The van der Waals surface area contributed by atoms with Crippen molar-refractivity contribution in [2.24, 2.45) is 10.2 Å². The van der Waals surface area contributed by atoms with E-state index in [-0.39, 0.29) is 0 Å². The van der Waals surface area contributed by atoms with Gasteiger partial charge in [0.25, 0.3) is 0 Å². The van der Waals surface area contributed by atoms with Crippen LogP contribution in [-0.4, -0.2) is 0 Å². The molecule has 94 valence electrons. The summed E-state index contributed by atoms with van der Waals surface area (Å²) in [5.74, 6) is 0. The fourth-order valence-electron chi connectivity index (χ4n) is 1.84. The SMILES string of the molecule is CC1=C(N=Nc2ccc(NI)c(C)c2)CCC=C1. The second kappa shape index (κ2) is 6.13. The van der Waals surface area contributed by atoms with Gasteiger partial charge in [0.05, 0.1) is 34.2 Å². The Morgan fingerprint density at radius 1 is 1.22 bits per heavy atom. The van der Waals surface area contributed by atoms with E-state index in [1.807, 2.05) is 18.2 Å². The third-order valence-electron chi connectivity index (χ3n) is 2.97. The standard InChI is InChI=1S/C14H16IN3/c1-10-5-3-4-6-14(10)18-17-12-7-8-13(16-15)11(2)9-12/h3,5,7-9,16H,4,6H2,1-2H3. The van der Waals surface area contributed by atoms with Crippen LogP contribution < -0.4 is 3.53 Å². The number of rotatable bonds is 3. The van der Waals surface area contributed by atoms with Crippen molar-refractivity contribution in [3.05, 3.63) is 47.2 Å². The fourth-order valence-corrected chi connectivity index (χ4v) is 2.44. The zero-order valence-electron chi connectivity index (χ0n) is 10.6. The van der Waals surface area contributed by atoms with Gasteiger partial charge in [-0.2, -0.15) is 10.2 Å². The Morgan fingerprint density at radius 2 is 2.06 bits per heavy atom. The Kier molecular flexibility index (Phi) is 4.52. The maximum absolute atomic E-state index is 4.36. The number of allylic oxidation sites excluding steroid dienone is 4. The van der Waals surface area contributed by atoms with Gasteiger partial charge in [0.1, 0.15) is 0 Å². The number of nitrogens with one attached hydrogen (secondary N) is 1. The molecule has 0 unspecified atom stereocenters. The molecule has 0 aliphatic heterocycles. The highest BCUT2D eigenvalue weighted by molar-refractivity contribution is 14.1. The molecule has 0 radical (unpaired) electrons. The quantitative estimate of drug-likeness (QED) is 0.437. The van der Waals surface area contributed by atoms with Crippen LogP contribution in [0, 0.1) is 6.92 Å². The molecule has 0 spiro atoms. The molecule has 1 N–H and O–H groups in total. The highest BCUT2D eigenvalue weighted by Crippen LogP contribution is 2.25. The van der Waals surface area contributed by atoms with E-state index >= 15 is 0 Å². The third kappa shape index (κ3) is 3.19. The maximum Gasteiger partial charge on any atom is 0.0861 e. The summed E-state index contributed by atoms with van der Waals surface area (Å²) in [7, 11) is 0. The minimum atomic E-state index is 0.901. The fraction of sp³-hybridized carbons (Fsp3) is 0.286. The summed E-state index contributed by atoms with van der Waals surface area (Å²) >= 11 is 2.13. The molecule has 1 aromatic carbocycles. The third-order valence-corrected chi connectivity index (χ3v) is 3.55. The van der Waals surface area contributed by atoms with Gasteiger partial charge < -0.3 is 3.53 Å². The molecule has 0 aromatic heterocycles. The van der Waals surface area contributed by atoms with Crippen molar-refractivity contribution in [1.82, 2.24) is 0 Å². The molecular weight excluding hydrogens is 337 g/mol. The summed E-state index contributed by atoms with van der Waals surface area (Å²) in [5, 5.41) is 8.68. The van der Waals surface area contributed by atoms with Crippen molar-refractivity contribution < 1.29 is 0 Å². The average Bonchev–Trinajstić information content (AvgIpc) is 2.38. The Labute approximate surface area is 122 Å². The van der Waals surface area contributed by atoms with E-state index in [2.05, 4.69) is 62.6 Å². The zero-order chi connectivity index (χ0) is 13.0. The van der Waals surface area contributed by atoms with E-state index in [4.69, 9.17) is 0 Å². The second-order valence-corrected chi connectivity index (χ2v) is 4.90. The molecule has 0 saturated carbocycles. The summed E-state index contributed by atoms with van der Waals surface area (Å²) in [6, 6.07) is 6.04. The second-order valence-electron chi connectivity index (χ2n) is 4.36. The van der Waals surface area contributed by atoms with Crippen LogP contribution in [0.2, 0.25) is 0 Å². The van der Waals surface area contributed by atoms with E-state index in [1.165, 1.54) is 11.1 Å². The number of benzene rings is 1. The minimum absolute atomic E-state index is 0.901. The van der Waals surface area contributed by atoms with Crippen molar-refractivity contribution in [2.75, 3.05) is 3.53 Å². The first kappa shape index (κ1) is 13.3. The number of halogens is 1. The minimum Gasteiger partial charge on any atom is -0.328 e. The average molecular weight is 353 g/mol. The van der Waals surface area contributed by atoms with Crippen LogP contribution in [-0.2, 0) is 0 Å². The lowest BCUT2D eigenvalue weighted by molar-refractivity contribution is 0.891. The molecule has 0 atom stereocenters. The normalized spacial score (nSPS) is 15.5. The topological polar surface area (TPSA) is 36.8 Å². The van der Waals surface area contributed by atoms with E-state index < -0.39 is 0 Å². The van der Waals surface area contributed by atoms with Crippen LogP contribution >= 0.6 is 22.9 Å². The molecule has 0 amide bonds. The number of hydrogen-bond donors (Lipinski definition) is 1. The number of azo groups is 1. The van der Waals surface area contributed by atoms with Gasteiger partial charge in [-0.05, 0) is 56.0 Å². The van der Waals surface area contributed by atoms with Gasteiger partial charge in [0.15, 0.2) is 0 Å². The Hall–Kier alpha value is -1.17. The molecule has 1 aliphatic rings. The predicted octanol–water partition coefficient (Wildman–Crippen LogP) is 5.46. The number of hydrogen-bond acceptors (Lipinski definition) is 3. The van der Waals surface area contributed by atoms with Crippen molar-refractivity contribution >= 4 is 34.2 Å². The first-order chi connectivity index (χ1) is 8.70. The lowest BCUT2D eigenvalue weighted by Crippen LogP contribution is -1.88. The van der Waals surface area contributed by atoms with Gasteiger partial charge in [-0.15, -0.1) is 0 Å². The van der Waals surface area contributed by atoms with Crippen molar-refractivity contribution in [3.63, 3.8) is 0 Å². The van der Waals surface area contributed by atoms with Crippen molar-refractivity contribution in [1.29, 1.82) is 0 Å². The van der Waals surface area contributed by atoms with Crippen LogP contribution in [0.1, 0.15) is 25.3 Å². The largest absolute Gasteiger partial charge is 0.328 e. The highest BCUT2D eigenvalue weighted by atomic mass is 127. The molecular formula is C14H16IN3. The maximum atomic E-state index is 4.36. The highest BCUT2D eigenvalue weighted by Gasteiger charge is 2.03. The molecule has 4 heteroatoms. The Balaban J connectivity index is 2.19. The van der Waals surface area contributed by atoms with Gasteiger partial charge in [-0.25, -0.2) is 0 Å². The number of nitrogens with zero attached hydrogens (tertiary/aromatic N) is 2. The molecule has 0 saturated heterocycles. The molecule has 18 heavy (non-hydrogen) atoms. The summed E-state index contributed by atoms with van der Waals surface area (Å²) in [6.07, 6.45) is 6.34. The van der Waals surface area contributed by atoms with Gasteiger partial charge in [0.2, 0.25) is 0 Å². The number of anilines is 1. The summed E-state index contributed by atoms with van der Waals surface area (Å²) in [6.45, 7) is 4.15. The van der Waals surface area contributed by atoms with Crippen LogP contribution in [0.25, 0.3) is 0 Å². The summed E-state index contributed by atoms with van der Waals surface area (Å²) < 4.78 is 3.11. The lowest BCUT2D eigenvalue weighted by atomic mass is 10.1. The van der Waals surface area contributed by atoms with Gasteiger partial charge in [0, 0.05) is 5.69 Å². The lowest BCUT2D eigenvalue weighted by Gasteiger charge is -2.07. The van der Waals surface area contributed by atoms with Crippen LogP contribution in [0.4, 0.5) is 11.4 Å². The van der Waals surface area contributed by atoms with Crippen molar-refractivity contribution in [3.8, 4) is 0 Å². The molecule has 3 nitrogen and oxygen atoms in total. The zero-order valence-corrected chi connectivity index (χ0v) is 12.7. The van der Waals surface area contributed by atoms with E-state index in [0.717, 1.165) is 29.9 Å². The van der Waals surface area contributed by atoms with E-state index in [1.54, 1.807) is 0 Å². The molecule has 0 fully saturated rings. The predicted molar refractivity (Wildman–Crippen MR) is 84.4 cm³/mol. The monoisotopic (exact) mass is 353 g/mol. The van der Waals surface area contributed by atoms with Crippen LogP contribution in [0.3, 0.4) is 0 Å². The van der Waals surface area contributed by atoms with Gasteiger partial charge >= 0.3 is 0 Å². The smallest absolute Gasteiger partial charge is 0.0861 e. The van der Waals surface area contributed by atoms with Gasteiger partial charge in [-0.1, -0.05) is 12.2 Å². The van der Waals surface area contributed by atoms with E-state index in [0.29, 0.717) is 0 Å². The summed E-state index contributed by atoms with van der Waals surface area (Å²) in [5.41, 5.74) is 5.50. The molecule has 1 aromatic rings. The summed E-state index contributed by atoms with van der Waals surface area (Å²) in [4.78, 5) is 0. The van der Waals surface area contributed by atoms with Crippen LogP contribution in [0.5, 0.6) is 0 Å². The van der Waals surface area contributed by atoms with Crippen molar-refractivity contribution in [2.45, 2.75) is 26.7 Å². The Morgan fingerprint density at radius 3 is 2.72 bits per heavy atom. The first-order valence-corrected chi connectivity index (χ1v) is 7.04. The first-order valence-electron chi connectivity index (χ1n) is 5.96. The van der Waals surface area contributed by atoms with E-state index in [9.17, 15) is 0 Å². The molecule has 1 aliphatic carbocycles. The van der Waals surface area contributed by atoms with Gasteiger partial charge in [-0.3, -0.25) is 0 Å². The molecule has 0 heterocycles. The molecule has 0 bridgehead atoms.